The zero-order chi connectivity index (χ0) is 21.3. The Bertz CT molecular complexity index is 1310. The molecule has 4 rings (SSSR count). The van der Waals surface area contributed by atoms with E-state index in [2.05, 4.69) is 15.9 Å². The fraction of sp³-hybridized carbons (Fsp3) is 0.0833. The van der Waals surface area contributed by atoms with Crippen molar-refractivity contribution in [1.29, 1.82) is 0 Å². The number of carbonyl (C=O) groups is 1. The van der Waals surface area contributed by atoms with E-state index in [9.17, 15) is 14.7 Å². The Kier molecular flexibility index (Phi) is 5.42. The summed E-state index contributed by atoms with van der Waals surface area (Å²) >= 11 is 3.44. The monoisotopic (exact) mass is 463 g/mol. The first kappa shape index (κ1) is 19.9. The lowest BCUT2D eigenvalue weighted by molar-refractivity contribution is 0.0685. The minimum atomic E-state index is -1.16. The molecule has 0 aliphatic heterocycles. The number of carboxylic acids is 1. The van der Waals surface area contributed by atoms with Crippen molar-refractivity contribution < 1.29 is 14.6 Å². The highest BCUT2D eigenvalue weighted by molar-refractivity contribution is 9.10. The fourth-order valence-corrected chi connectivity index (χ4v) is 4.00. The van der Waals surface area contributed by atoms with E-state index < -0.39 is 5.97 Å². The minimum Gasteiger partial charge on any atom is -0.497 e. The molecule has 0 saturated carbocycles. The number of rotatable bonds is 5. The SMILES string of the molecule is COc1cccc(Cn2c(C(=O)O)c(-c3ccccc3)c3cc(Br)ccc3c2=O)c1. The van der Waals surface area contributed by atoms with Crippen molar-refractivity contribution in [1.82, 2.24) is 4.57 Å². The average molecular weight is 464 g/mol. The van der Waals surface area contributed by atoms with Crippen molar-refractivity contribution in [3.8, 4) is 16.9 Å². The number of pyridine rings is 1. The van der Waals surface area contributed by atoms with Crippen LogP contribution in [0.2, 0.25) is 0 Å². The lowest BCUT2D eigenvalue weighted by Crippen LogP contribution is -2.28. The lowest BCUT2D eigenvalue weighted by atomic mass is 9.96. The molecule has 1 N–H and O–H groups in total. The second-order valence-corrected chi connectivity index (χ2v) is 7.74. The highest BCUT2D eigenvalue weighted by Gasteiger charge is 2.23. The molecule has 30 heavy (non-hydrogen) atoms. The first-order valence-electron chi connectivity index (χ1n) is 9.27. The van der Waals surface area contributed by atoms with Crippen LogP contribution in [0.1, 0.15) is 16.1 Å². The van der Waals surface area contributed by atoms with Crippen LogP contribution in [-0.4, -0.2) is 22.8 Å². The molecule has 0 atom stereocenters. The number of ether oxygens (including phenoxy) is 1. The number of hydrogen-bond acceptors (Lipinski definition) is 3. The fourth-order valence-electron chi connectivity index (χ4n) is 3.64. The summed E-state index contributed by atoms with van der Waals surface area (Å²) in [6.07, 6.45) is 0. The van der Waals surface area contributed by atoms with Crippen LogP contribution in [0.5, 0.6) is 5.75 Å². The van der Waals surface area contributed by atoms with E-state index in [-0.39, 0.29) is 17.8 Å². The molecule has 1 heterocycles. The Morgan fingerprint density at radius 1 is 1.00 bits per heavy atom. The summed E-state index contributed by atoms with van der Waals surface area (Å²) in [5.74, 6) is -0.513. The first-order valence-corrected chi connectivity index (χ1v) is 10.1. The van der Waals surface area contributed by atoms with Crippen molar-refractivity contribution in [2.45, 2.75) is 6.54 Å². The highest BCUT2D eigenvalue weighted by Crippen LogP contribution is 2.33. The maximum Gasteiger partial charge on any atom is 0.353 e. The number of carboxylic acid groups (broad SMARTS) is 1. The molecular weight excluding hydrogens is 446 g/mol. The molecule has 4 aromatic rings. The van der Waals surface area contributed by atoms with Crippen LogP contribution in [0, 0.1) is 0 Å². The Morgan fingerprint density at radius 2 is 1.77 bits per heavy atom. The maximum atomic E-state index is 13.4. The standard InChI is InChI=1S/C24H18BrNO4/c1-30-18-9-5-6-15(12-18)14-26-22(24(28)29)21(16-7-3-2-4-8-16)20-13-17(25)10-11-19(20)23(26)27/h2-13H,14H2,1H3,(H,28,29). The third-order valence-corrected chi connectivity index (χ3v) is 5.47. The summed E-state index contributed by atoms with van der Waals surface area (Å²) in [7, 11) is 1.56. The predicted molar refractivity (Wildman–Crippen MR) is 120 cm³/mol. The molecule has 0 fully saturated rings. The molecule has 0 amide bonds. The molecule has 150 valence electrons. The van der Waals surface area contributed by atoms with Gasteiger partial charge in [-0.25, -0.2) is 4.79 Å². The molecular formula is C24H18BrNO4. The summed E-state index contributed by atoms with van der Waals surface area (Å²) in [5, 5.41) is 11.2. The van der Waals surface area contributed by atoms with Crippen molar-refractivity contribution in [2.24, 2.45) is 0 Å². The minimum absolute atomic E-state index is 0.0420. The number of hydrogen-bond donors (Lipinski definition) is 1. The number of methoxy groups -OCH3 is 1. The maximum absolute atomic E-state index is 13.4. The van der Waals surface area contributed by atoms with Crippen molar-refractivity contribution >= 4 is 32.7 Å². The smallest absolute Gasteiger partial charge is 0.353 e. The highest BCUT2D eigenvalue weighted by atomic mass is 79.9. The van der Waals surface area contributed by atoms with Crippen LogP contribution in [0.4, 0.5) is 0 Å². The number of aromatic nitrogens is 1. The zero-order valence-electron chi connectivity index (χ0n) is 16.1. The van der Waals surface area contributed by atoms with E-state index >= 15 is 0 Å². The van der Waals surface area contributed by atoms with Crippen LogP contribution < -0.4 is 10.3 Å². The molecule has 3 aromatic carbocycles. The molecule has 0 aliphatic rings. The number of fused-ring (bicyclic) bond motifs is 1. The topological polar surface area (TPSA) is 68.5 Å². The Hall–Kier alpha value is -3.38. The van der Waals surface area contributed by atoms with Crippen molar-refractivity contribution in [2.75, 3.05) is 7.11 Å². The third-order valence-electron chi connectivity index (χ3n) is 4.97. The summed E-state index contributed by atoms with van der Waals surface area (Å²) in [6, 6.07) is 21.8. The first-order chi connectivity index (χ1) is 14.5. The third kappa shape index (κ3) is 3.62. The predicted octanol–water partition coefficient (Wildman–Crippen LogP) is 5.19. The normalized spacial score (nSPS) is 10.9. The van der Waals surface area contributed by atoms with Gasteiger partial charge in [-0.05, 0) is 46.8 Å². The van der Waals surface area contributed by atoms with Gasteiger partial charge in [0.25, 0.3) is 5.56 Å². The van der Waals surface area contributed by atoms with Crippen LogP contribution in [0.25, 0.3) is 21.9 Å². The Balaban J connectivity index is 2.08. The number of nitrogens with zero attached hydrogens (tertiary/aromatic N) is 1. The molecule has 0 spiro atoms. The molecule has 0 aliphatic carbocycles. The van der Waals surface area contributed by atoms with Gasteiger partial charge in [0.1, 0.15) is 11.4 Å². The molecule has 5 nitrogen and oxygen atoms in total. The lowest BCUT2D eigenvalue weighted by Gasteiger charge is -2.18. The van der Waals surface area contributed by atoms with Gasteiger partial charge in [-0.3, -0.25) is 9.36 Å². The van der Waals surface area contributed by atoms with E-state index in [1.165, 1.54) is 4.57 Å². The average Bonchev–Trinajstić information content (AvgIpc) is 2.75. The molecule has 0 unspecified atom stereocenters. The number of benzene rings is 3. The second-order valence-electron chi connectivity index (χ2n) is 6.83. The van der Waals surface area contributed by atoms with Crippen LogP contribution in [0.3, 0.4) is 0 Å². The van der Waals surface area contributed by atoms with E-state index in [1.807, 2.05) is 42.5 Å². The van der Waals surface area contributed by atoms with Gasteiger partial charge in [-0.1, -0.05) is 58.4 Å². The molecule has 0 bridgehead atoms. The van der Waals surface area contributed by atoms with Crippen LogP contribution >= 0.6 is 15.9 Å². The summed E-state index contributed by atoms with van der Waals surface area (Å²) in [5.41, 5.74) is 1.63. The van der Waals surface area contributed by atoms with E-state index in [0.717, 1.165) is 15.6 Å². The van der Waals surface area contributed by atoms with E-state index in [0.29, 0.717) is 22.1 Å². The van der Waals surface area contributed by atoms with Crippen LogP contribution in [-0.2, 0) is 6.54 Å². The molecule has 6 heteroatoms. The van der Waals surface area contributed by atoms with E-state index in [1.54, 1.807) is 37.4 Å². The van der Waals surface area contributed by atoms with Crippen LogP contribution in [0.15, 0.2) is 82.1 Å². The van der Waals surface area contributed by atoms with Gasteiger partial charge in [0.2, 0.25) is 0 Å². The molecule has 0 saturated heterocycles. The van der Waals surface area contributed by atoms with Crippen molar-refractivity contribution in [3.63, 3.8) is 0 Å². The van der Waals surface area contributed by atoms with Gasteiger partial charge < -0.3 is 9.84 Å². The Morgan fingerprint density at radius 3 is 2.47 bits per heavy atom. The van der Waals surface area contributed by atoms with Gasteiger partial charge in [-0.2, -0.15) is 0 Å². The number of halogens is 1. The summed E-state index contributed by atoms with van der Waals surface area (Å²) in [4.78, 5) is 25.8. The zero-order valence-corrected chi connectivity index (χ0v) is 17.7. The Labute approximate surface area is 181 Å². The van der Waals surface area contributed by atoms with Gasteiger partial charge in [0.05, 0.1) is 13.7 Å². The van der Waals surface area contributed by atoms with Gasteiger partial charge in [0, 0.05) is 15.4 Å². The van der Waals surface area contributed by atoms with Crippen molar-refractivity contribution in [3.05, 3.63) is 98.9 Å². The molecule has 1 aromatic heterocycles. The van der Waals surface area contributed by atoms with Gasteiger partial charge in [0.15, 0.2) is 0 Å². The quantitative estimate of drug-likeness (QED) is 0.442. The molecule has 0 radical (unpaired) electrons. The summed E-state index contributed by atoms with van der Waals surface area (Å²) in [6.45, 7) is 0.115. The number of aromatic carboxylic acids is 1. The van der Waals surface area contributed by atoms with Gasteiger partial charge >= 0.3 is 5.97 Å². The second kappa shape index (κ2) is 8.16. The van der Waals surface area contributed by atoms with Gasteiger partial charge in [-0.15, -0.1) is 0 Å². The summed E-state index contributed by atoms with van der Waals surface area (Å²) < 4.78 is 7.37. The largest absolute Gasteiger partial charge is 0.497 e. The van der Waals surface area contributed by atoms with E-state index in [4.69, 9.17) is 4.74 Å².